The Morgan fingerprint density at radius 1 is 1.32 bits per heavy atom. The summed E-state index contributed by atoms with van der Waals surface area (Å²) in [4.78, 5) is 14.2. The zero-order valence-electron chi connectivity index (χ0n) is 12.8. The lowest BCUT2D eigenvalue weighted by atomic mass is 10.1. The molecule has 1 heterocycles. The summed E-state index contributed by atoms with van der Waals surface area (Å²) in [6.45, 7) is 1.69. The van der Waals surface area contributed by atoms with Gasteiger partial charge in [0.1, 0.15) is 0 Å². The standard InChI is InChI=1S/C17H24N2O3/c20-16(13-5-2-1-3-6-13)12-19(14-8-9-14)17(21)18-11-15-7-4-10-22-15/h1-3,5-6,14-16,20H,4,7-12H2,(H,18,21). The maximum absolute atomic E-state index is 12.4. The van der Waals surface area contributed by atoms with E-state index >= 15 is 0 Å². The Balaban J connectivity index is 1.54. The number of aliphatic hydroxyl groups is 1. The van der Waals surface area contributed by atoms with Crippen LogP contribution in [0.2, 0.25) is 0 Å². The van der Waals surface area contributed by atoms with Gasteiger partial charge in [0.25, 0.3) is 0 Å². The second-order valence-electron chi connectivity index (χ2n) is 6.13. The molecule has 0 bridgehead atoms. The van der Waals surface area contributed by atoms with Crippen LogP contribution in [0.15, 0.2) is 30.3 Å². The summed E-state index contributed by atoms with van der Waals surface area (Å²) in [6.07, 6.45) is 3.62. The van der Waals surface area contributed by atoms with Crippen LogP contribution in [0, 0.1) is 0 Å². The Morgan fingerprint density at radius 3 is 2.73 bits per heavy atom. The summed E-state index contributed by atoms with van der Waals surface area (Å²) >= 11 is 0. The van der Waals surface area contributed by atoms with Gasteiger partial charge in [-0.1, -0.05) is 30.3 Å². The largest absolute Gasteiger partial charge is 0.387 e. The van der Waals surface area contributed by atoms with Crippen LogP contribution in [0.5, 0.6) is 0 Å². The number of carbonyl (C=O) groups is 1. The van der Waals surface area contributed by atoms with E-state index in [2.05, 4.69) is 5.32 Å². The van der Waals surface area contributed by atoms with Gasteiger partial charge in [-0.25, -0.2) is 4.79 Å². The first kappa shape index (κ1) is 15.3. The Hall–Kier alpha value is -1.59. The molecule has 0 aromatic heterocycles. The summed E-state index contributed by atoms with van der Waals surface area (Å²) in [5, 5.41) is 13.3. The van der Waals surface area contributed by atoms with Gasteiger partial charge in [-0.3, -0.25) is 0 Å². The number of carbonyl (C=O) groups excluding carboxylic acids is 1. The molecule has 2 fully saturated rings. The molecule has 2 amide bonds. The number of nitrogens with zero attached hydrogens (tertiary/aromatic N) is 1. The maximum atomic E-state index is 12.4. The highest BCUT2D eigenvalue weighted by Gasteiger charge is 2.34. The van der Waals surface area contributed by atoms with Crippen LogP contribution in [0.1, 0.15) is 37.4 Å². The fourth-order valence-corrected chi connectivity index (χ4v) is 2.86. The van der Waals surface area contributed by atoms with Crippen LogP contribution in [0.3, 0.4) is 0 Å². The lowest BCUT2D eigenvalue weighted by Crippen LogP contribution is -2.45. The molecule has 1 aliphatic carbocycles. The third-order valence-electron chi connectivity index (χ3n) is 4.31. The van der Waals surface area contributed by atoms with Gasteiger partial charge in [-0.05, 0) is 31.2 Å². The van der Waals surface area contributed by atoms with Crippen molar-refractivity contribution in [3.05, 3.63) is 35.9 Å². The molecule has 22 heavy (non-hydrogen) atoms. The number of hydrogen-bond acceptors (Lipinski definition) is 3. The number of amides is 2. The second-order valence-corrected chi connectivity index (χ2v) is 6.13. The highest BCUT2D eigenvalue weighted by Crippen LogP contribution is 2.29. The molecule has 1 aliphatic heterocycles. The normalized spacial score (nSPS) is 22.3. The summed E-state index contributed by atoms with van der Waals surface area (Å²) in [5.41, 5.74) is 0.847. The molecule has 2 atom stereocenters. The minimum Gasteiger partial charge on any atom is -0.387 e. The zero-order valence-corrected chi connectivity index (χ0v) is 12.8. The fraction of sp³-hybridized carbons (Fsp3) is 0.588. The Kier molecular flexibility index (Phi) is 4.95. The van der Waals surface area contributed by atoms with Gasteiger partial charge in [0, 0.05) is 19.2 Å². The molecule has 1 aromatic carbocycles. The highest BCUT2D eigenvalue weighted by atomic mass is 16.5. The Labute approximate surface area is 131 Å². The minimum absolute atomic E-state index is 0.0898. The summed E-state index contributed by atoms with van der Waals surface area (Å²) < 4.78 is 5.53. The maximum Gasteiger partial charge on any atom is 0.317 e. The van der Waals surface area contributed by atoms with E-state index in [0.717, 1.165) is 37.9 Å². The molecular weight excluding hydrogens is 280 g/mol. The van der Waals surface area contributed by atoms with E-state index in [-0.39, 0.29) is 18.2 Å². The first-order chi connectivity index (χ1) is 10.7. The molecule has 0 spiro atoms. The number of hydrogen-bond donors (Lipinski definition) is 2. The van der Waals surface area contributed by atoms with Crippen molar-refractivity contribution in [2.45, 2.75) is 43.9 Å². The number of ether oxygens (including phenoxy) is 1. The van der Waals surface area contributed by atoms with Crippen molar-refractivity contribution < 1.29 is 14.6 Å². The second kappa shape index (κ2) is 7.11. The van der Waals surface area contributed by atoms with Crippen LogP contribution < -0.4 is 5.32 Å². The summed E-state index contributed by atoms with van der Waals surface area (Å²) in [7, 11) is 0. The van der Waals surface area contributed by atoms with Crippen LogP contribution in [-0.4, -0.2) is 47.9 Å². The molecule has 1 saturated heterocycles. The van der Waals surface area contributed by atoms with Crippen molar-refractivity contribution in [3.63, 3.8) is 0 Å². The number of benzene rings is 1. The van der Waals surface area contributed by atoms with E-state index in [4.69, 9.17) is 4.74 Å². The first-order valence-electron chi connectivity index (χ1n) is 8.13. The average molecular weight is 304 g/mol. The minimum atomic E-state index is -0.643. The monoisotopic (exact) mass is 304 g/mol. The molecule has 5 heteroatoms. The van der Waals surface area contributed by atoms with E-state index in [1.165, 1.54) is 0 Å². The van der Waals surface area contributed by atoms with Crippen LogP contribution in [0.4, 0.5) is 4.79 Å². The number of nitrogens with one attached hydrogen (secondary N) is 1. The molecule has 1 aromatic rings. The van der Waals surface area contributed by atoms with Gasteiger partial charge in [0.15, 0.2) is 0 Å². The quantitative estimate of drug-likeness (QED) is 0.846. The van der Waals surface area contributed by atoms with Crippen molar-refractivity contribution >= 4 is 6.03 Å². The number of urea groups is 1. The topological polar surface area (TPSA) is 61.8 Å². The molecule has 120 valence electrons. The molecule has 5 nitrogen and oxygen atoms in total. The first-order valence-corrected chi connectivity index (χ1v) is 8.13. The summed E-state index contributed by atoms with van der Waals surface area (Å²) in [6, 6.07) is 9.67. The van der Waals surface area contributed by atoms with Crippen molar-refractivity contribution in [1.29, 1.82) is 0 Å². The Morgan fingerprint density at radius 2 is 2.09 bits per heavy atom. The van der Waals surface area contributed by atoms with E-state index < -0.39 is 6.10 Å². The predicted octanol–water partition coefficient (Wildman–Crippen LogP) is 2.07. The molecule has 0 radical (unpaired) electrons. The van der Waals surface area contributed by atoms with E-state index in [0.29, 0.717) is 13.1 Å². The van der Waals surface area contributed by atoms with Crippen molar-refractivity contribution in [2.75, 3.05) is 19.7 Å². The molecular formula is C17H24N2O3. The van der Waals surface area contributed by atoms with Crippen LogP contribution in [-0.2, 0) is 4.74 Å². The van der Waals surface area contributed by atoms with E-state index in [1.54, 1.807) is 4.90 Å². The molecule has 2 unspecified atom stereocenters. The van der Waals surface area contributed by atoms with Gasteiger partial charge in [0.2, 0.25) is 0 Å². The molecule has 2 aliphatic rings. The van der Waals surface area contributed by atoms with Crippen molar-refractivity contribution in [2.24, 2.45) is 0 Å². The summed E-state index contributed by atoms with van der Waals surface area (Å²) in [5.74, 6) is 0. The zero-order chi connectivity index (χ0) is 15.4. The smallest absolute Gasteiger partial charge is 0.317 e. The van der Waals surface area contributed by atoms with Gasteiger partial charge in [-0.2, -0.15) is 0 Å². The van der Waals surface area contributed by atoms with Crippen molar-refractivity contribution in [1.82, 2.24) is 10.2 Å². The predicted molar refractivity (Wildman–Crippen MR) is 83.5 cm³/mol. The molecule has 2 N–H and O–H groups in total. The van der Waals surface area contributed by atoms with Crippen LogP contribution >= 0.6 is 0 Å². The van der Waals surface area contributed by atoms with Crippen molar-refractivity contribution in [3.8, 4) is 0 Å². The lowest BCUT2D eigenvalue weighted by Gasteiger charge is -2.26. The fourth-order valence-electron chi connectivity index (χ4n) is 2.86. The van der Waals surface area contributed by atoms with Gasteiger partial charge in [-0.15, -0.1) is 0 Å². The van der Waals surface area contributed by atoms with E-state index in [1.807, 2.05) is 30.3 Å². The average Bonchev–Trinajstić information content (AvgIpc) is 3.26. The Bertz CT molecular complexity index is 484. The third kappa shape index (κ3) is 3.99. The van der Waals surface area contributed by atoms with Crippen LogP contribution in [0.25, 0.3) is 0 Å². The number of rotatable bonds is 6. The lowest BCUT2D eigenvalue weighted by molar-refractivity contribution is 0.100. The van der Waals surface area contributed by atoms with Gasteiger partial charge < -0.3 is 20.1 Å². The highest BCUT2D eigenvalue weighted by molar-refractivity contribution is 5.75. The molecule has 1 saturated carbocycles. The van der Waals surface area contributed by atoms with E-state index in [9.17, 15) is 9.90 Å². The van der Waals surface area contributed by atoms with Gasteiger partial charge in [0.05, 0.1) is 18.8 Å². The third-order valence-corrected chi connectivity index (χ3v) is 4.31. The van der Waals surface area contributed by atoms with Gasteiger partial charge >= 0.3 is 6.03 Å². The SMILES string of the molecule is O=C(NCC1CCCO1)N(CC(O)c1ccccc1)C1CC1. The number of aliphatic hydroxyl groups excluding tert-OH is 1. The molecule has 3 rings (SSSR count).